The van der Waals surface area contributed by atoms with Crippen LogP contribution in [-0.4, -0.2) is 35.8 Å². The smallest absolute Gasteiger partial charge is 0.0267 e. The number of nitrogens with zero attached hydrogens (tertiary/aromatic N) is 1. The summed E-state index contributed by atoms with van der Waals surface area (Å²) in [5, 5.41) is 0. The molecular formula is C9H17Cl2N. The number of rotatable bonds is 3. The fourth-order valence-corrected chi connectivity index (χ4v) is 2.45. The molecule has 2 atom stereocenters. The molecule has 0 N–H and O–H groups in total. The second-order valence-electron chi connectivity index (χ2n) is 3.88. The predicted octanol–water partition coefficient (Wildman–Crippen LogP) is 2.42. The largest absolute Gasteiger partial charge is 0.300 e. The van der Waals surface area contributed by atoms with Crippen molar-refractivity contribution in [3.8, 4) is 0 Å². The van der Waals surface area contributed by atoms with E-state index in [1.807, 2.05) is 0 Å². The van der Waals surface area contributed by atoms with Gasteiger partial charge in [0.1, 0.15) is 0 Å². The van der Waals surface area contributed by atoms with E-state index in [2.05, 4.69) is 18.7 Å². The first-order valence-corrected chi connectivity index (χ1v) is 5.62. The standard InChI is InChI=1S/C9H17Cl2N/c1-7(2)12-5-8(3-10)9(4-11)6-12/h7-9H,3-6H2,1-2H3. The number of likely N-dealkylation sites (tertiary alicyclic amines) is 1. The van der Waals surface area contributed by atoms with Crippen LogP contribution >= 0.6 is 23.2 Å². The molecule has 0 aliphatic carbocycles. The quantitative estimate of drug-likeness (QED) is 0.646. The molecule has 1 rings (SSSR count). The van der Waals surface area contributed by atoms with E-state index in [0.29, 0.717) is 17.9 Å². The minimum atomic E-state index is 0.603. The summed E-state index contributed by atoms with van der Waals surface area (Å²) >= 11 is 11.7. The average Bonchev–Trinajstić information content (AvgIpc) is 2.46. The zero-order valence-corrected chi connectivity index (χ0v) is 9.28. The summed E-state index contributed by atoms with van der Waals surface area (Å²) in [6.45, 7) is 6.70. The van der Waals surface area contributed by atoms with E-state index in [9.17, 15) is 0 Å². The van der Waals surface area contributed by atoms with Crippen molar-refractivity contribution in [2.24, 2.45) is 11.8 Å². The highest BCUT2D eigenvalue weighted by Crippen LogP contribution is 2.26. The molecule has 3 heteroatoms. The molecule has 0 amide bonds. The Morgan fingerprint density at radius 1 is 1.17 bits per heavy atom. The Hall–Kier alpha value is 0.540. The Morgan fingerprint density at radius 2 is 1.58 bits per heavy atom. The second kappa shape index (κ2) is 4.69. The van der Waals surface area contributed by atoms with E-state index in [4.69, 9.17) is 23.2 Å². The first-order valence-electron chi connectivity index (χ1n) is 4.55. The van der Waals surface area contributed by atoms with Crippen LogP contribution in [0.3, 0.4) is 0 Å². The normalized spacial score (nSPS) is 31.8. The van der Waals surface area contributed by atoms with E-state index in [-0.39, 0.29) is 0 Å². The van der Waals surface area contributed by atoms with Gasteiger partial charge < -0.3 is 4.90 Å². The van der Waals surface area contributed by atoms with Gasteiger partial charge in [0, 0.05) is 30.9 Å². The lowest BCUT2D eigenvalue weighted by Gasteiger charge is -2.19. The number of halogens is 2. The molecule has 1 aliphatic heterocycles. The van der Waals surface area contributed by atoms with Crippen molar-refractivity contribution in [3.63, 3.8) is 0 Å². The second-order valence-corrected chi connectivity index (χ2v) is 4.49. The van der Waals surface area contributed by atoms with Gasteiger partial charge in [-0.3, -0.25) is 0 Å². The van der Waals surface area contributed by atoms with Crippen molar-refractivity contribution in [2.75, 3.05) is 24.8 Å². The monoisotopic (exact) mass is 209 g/mol. The zero-order valence-electron chi connectivity index (χ0n) is 7.76. The van der Waals surface area contributed by atoms with Gasteiger partial charge in [0.05, 0.1) is 0 Å². The maximum atomic E-state index is 5.87. The van der Waals surface area contributed by atoms with Gasteiger partial charge in [-0.1, -0.05) is 0 Å². The molecule has 0 bridgehead atoms. The lowest BCUT2D eigenvalue weighted by atomic mass is 10.0. The molecule has 12 heavy (non-hydrogen) atoms. The van der Waals surface area contributed by atoms with Crippen LogP contribution in [0.4, 0.5) is 0 Å². The topological polar surface area (TPSA) is 3.24 Å². The summed E-state index contributed by atoms with van der Waals surface area (Å²) in [5.41, 5.74) is 0. The van der Waals surface area contributed by atoms with Crippen LogP contribution in [0.1, 0.15) is 13.8 Å². The first-order chi connectivity index (χ1) is 5.69. The molecule has 2 unspecified atom stereocenters. The van der Waals surface area contributed by atoms with Crippen LogP contribution in [-0.2, 0) is 0 Å². The van der Waals surface area contributed by atoms with E-state index in [1.165, 1.54) is 0 Å². The lowest BCUT2D eigenvalue weighted by molar-refractivity contribution is 0.264. The molecule has 1 heterocycles. The third-order valence-corrected chi connectivity index (χ3v) is 3.52. The molecule has 1 fully saturated rings. The minimum Gasteiger partial charge on any atom is -0.300 e. The van der Waals surface area contributed by atoms with E-state index < -0.39 is 0 Å². The van der Waals surface area contributed by atoms with Gasteiger partial charge in [0.25, 0.3) is 0 Å². The summed E-state index contributed by atoms with van der Waals surface area (Å²) in [6, 6.07) is 0.629. The Bertz CT molecular complexity index is 126. The Labute approximate surface area is 85.0 Å². The summed E-state index contributed by atoms with van der Waals surface area (Å²) in [7, 11) is 0. The molecule has 1 saturated heterocycles. The van der Waals surface area contributed by atoms with Gasteiger partial charge in [-0.15, -0.1) is 23.2 Å². The van der Waals surface area contributed by atoms with Crippen molar-refractivity contribution in [2.45, 2.75) is 19.9 Å². The molecule has 0 saturated carbocycles. The van der Waals surface area contributed by atoms with Crippen LogP contribution in [0, 0.1) is 11.8 Å². The first kappa shape index (κ1) is 10.6. The van der Waals surface area contributed by atoms with Gasteiger partial charge in [0.15, 0.2) is 0 Å². The third-order valence-electron chi connectivity index (χ3n) is 2.73. The van der Waals surface area contributed by atoms with Gasteiger partial charge >= 0.3 is 0 Å². The molecule has 0 aromatic heterocycles. The summed E-state index contributed by atoms with van der Waals surface area (Å²) in [5.74, 6) is 2.71. The minimum absolute atomic E-state index is 0.603. The summed E-state index contributed by atoms with van der Waals surface area (Å²) in [6.07, 6.45) is 0. The molecule has 0 aromatic rings. The molecular weight excluding hydrogens is 193 g/mol. The van der Waals surface area contributed by atoms with Crippen LogP contribution in [0.2, 0.25) is 0 Å². The number of alkyl halides is 2. The van der Waals surface area contributed by atoms with Crippen LogP contribution < -0.4 is 0 Å². The number of hydrogen-bond acceptors (Lipinski definition) is 1. The highest BCUT2D eigenvalue weighted by atomic mass is 35.5. The SMILES string of the molecule is CC(C)N1CC(CCl)C(CCl)C1. The Kier molecular flexibility index (Phi) is 4.15. The molecule has 0 aromatic carbocycles. The van der Waals surface area contributed by atoms with Crippen molar-refractivity contribution in [1.82, 2.24) is 4.90 Å². The highest BCUT2D eigenvalue weighted by molar-refractivity contribution is 6.19. The third kappa shape index (κ3) is 2.27. The van der Waals surface area contributed by atoms with Crippen LogP contribution in [0.15, 0.2) is 0 Å². The maximum absolute atomic E-state index is 5.87. The highest BCUT2D eigenvalue weighted by Gasteiger charge is 2.32. The molecule has 1 aliphatic rings. The van der Waals surface area contributed by atoms with E-state index in [0.717, 1.165) is 24.8 Å². The van der Waals surface area contributed by atoms with E-state index in [1.54, 1.807) is 0 Å². The van der Waals surface area contributed by atoms with Gasteiger partial charge in [-0.2, -0.15) is 0 Å². The molecule has 72 valence electrons. The van der Waals surface area contributed by atoms with Crippen LogP contribution in [0.25, 0.3) is 0 Å². The van der Waals surface area contributed by atoms with Crippen molar-refractivity contribution >= 4 is 23.2 Å². The molecule has 1 nitrogen and oxygen atoms in total. The van der Waals surface area contributed by atoms with E-state index >= 15 is 0 Å². The fraction of sp³-hybridized carbons (Fsp3) is 1.00. The van der Waals surface area contributed by atoms with Crippen molar-refractivity contribution < 1.29 is 0 Å². The molecule has 0 spiro atoms. The van der Waals surface area contributed by atoms with Gasteiger partial charge in [-0.05, 0) is 25.7 Å². The van der Waals surface area contributed by atoms with Crippen LogP contribution in [0.5, 0.6) is 0 Å². The maximum Gasteiger partial charge on any atom is 0.0267 e. The Morgan fingerprint density at radius 3 is 1.83 bits per heavy atom. The summed E-state index contributed by atoms with van der Waals surface area (Å²) < 4.78 is 0. The lowest BCUT2D eigenvalue weighted by Crippen LogP contribution is -2.28. The fourth-order valence-electron chi connectivity index (χ4n) is 1.75. The number of hydrogen-bond donors (Lipinski definition) is 0. The molecule has 0 radical (unpaired) electrons. The van der Waals surface area contributed by atoms with Crippen molar-refractivity contribution in [1.29, 1.82) is 0 Å². The van der Waals surface area contributed by atoms with Gasteiger partial charge in [-0.25, -0.2) is 0 Å². The van der Waals surface area contributed by atoms with Gasteiger partial charge in [0.2, 0.25) is 0 Å². The zero-order chi connectivity index (χ0) is 9.14. The Balaban J connectivity index is 2.47. The summed E-state index contributed by atoms with van der Waals surface area (Å²) in [4.78, 5) is 2.46. The predicted molar refractivity (Wildman–Crippen MR) is 55.1 cm³/mol. The van der Waals surface area contributed by atoms with Crippen molar-refractivity contribution in [3.05, 3.63) is 0 Å². The average molecular weight is 210 g/mol.